The lowest BCUT2D eigenvalue weighted by molar-refractivity contribution is -0.146. The molecule has 0 N–H and O–H groups in total. The van der Waals surface area contributed by atoms with Crippen molar-refractivity contribution in [2.75, 3.05) is 0 Å². The van der Waals surface area contributed by atoms with E-state index in [9.17, 15) is 14.4 Å². The molecule has 164 valence electrons. The predicted molar refractivity (Wildman–Crippen MR) is 112 cm³/mol. The van der Waals surface area contributed by atoms with E-state index in [0.29, 0.717) is 30.0 Å². The van der Waals surface area contributed by atoms with E-state index in [-0.39, 0.29) is 29.4 Å². The van der Waals surface area contributed by atoms with Gasteiger partial charge in [-0.2, -0.15) is 0 Å². The summed E-state index contributed by atoms with van der Waals surface area (Å²) >= 11 is 0. The molecule has 5 nitrogen and oxygen atoms in total. The van der Waals surface area contributed by atoms with Crippen molar-refractivity contribution in [2.45, 2.75) is 85.2 Å². The van der Waals surface area contributed by atoms with E-state index < -0.39 is 0 Å². The van der Waals surface area contributed by atoms with E-state index in [1.165, 1.54) is 25.0 Å². The molecule has 0 heterocycles. The Morgan fingerprint density at radius 1 is 1.00 bits per heavy atom. The number of allylic oxidation sites excluding steroid dienone is 3. The van der Waals surface area contributed by atoms with Crippen molar-refractivity contribution in [3.63, 3.8) is 0 Å². The van der Waals surface area contributed by atoms with Gasteiger partial charge in [0.15, 0.2) is 0 Å². The summed E-state index contributed by atoms with van der Waals surface area (Å²) in [7, 11) is 0. The third-order valence-electron chi connectivity index (χ3n) is 8.35. The third kappa shape index (κ3) is 3.76. The van der Waals surface area contributed by atoms with Crippen molar-refractivity contribution in [2.24, 2.45) is 29.1 Å². The molecule has 2 saturated carbocycles. The number of fused-ring (bicyclic) bond motifs is 4. The molecule has 0 unspecified atom stereocenters. The molecule has 0 spiro atoms. The zero-order valence-electron chi connectivity index (χ0n) is 18.7. The summed E-state index contributed by atoms with van der Waals surface area (Å²) in [6.07, 6.45) is 9.40. The van der Waals surface area contributed by atoms with Gasteiger partial charge < -0.3 is 9.47 Å². The maximum Gasteiger partial charge on any atom is 0.307 e. The van der Waals surface area contributed by atoms with Gasteiger partial charge in [0.25, 0.3) is 0 Å². The highest BCUT2D eigenvalue weighted by molar-refractivity contribution is 5.79. The van der Waals surface area contributed by atoms with Gasteiger partial charge in [-0.05, 0) is 80.3 Å². The number of carbonyl (C=O) groups excluding carboxylic acids is 3. The molecule has 0 aromatic rings. The van der Waals surface area contributed by atoms with Crippen molar-refractivity contribution in [3.8, 4) is 0 Å². The normalized spacial score (nSPS) is 37.9. The first-order chi connectivity index (χ1) is 14.2. The smallest absolute Gasteiger partial charge is 0.307 e. The third-order valence-corrected chi connectivity index (χ3v) is 8.35. The standard InChI is InChI=1S/C25H34O5/c1-14(26)23-7-8-24-22-13-19(30-16(3)28)12-17-11-18(29-15(2)27)5-6-20(17)21(22)9-10-25(23,24)4/h12,18,21-24H,5-11,13H2,1-4H3/t18-,21+,22+,23+,24-,25+/m0/s1. The molecule has 0 bridgehead atoms. The average Bonchev–Trinajstić information content (AvgIpc) is 2.91. The lowest BCUT2D eigenvalue weighted by Crippen LogP contribution is -2.43. The second-order valence-corrected chi connectivity index (χ2v) is 10.1. The van der Waals surface area contributed by atoms with Crippen LogP contribution in [0.2, 0.25) is 0 Å². The SMILES string of the molecule is CC(=O)OC1=CC2=C(CC[C@H](OC(C)=O)C2)[C@H]2CC[C@]3(C)[C@@H](C(C)=O)CC[C@H]3[C@@H]2C1. The van der Waals surface area contributed by atoms with E-state index in [1.807, 2.05) is 0 Å². The highest BCUT2D eigenvalue weighted by Gasteiger charge is 2.56. The predicted octanol–water partition coefficient (Wildman–Crippen LogP) is 4.90. The molecule has 0 saturated heterocycles. The molecular weight excluding hydrogens is 380 g/mol. The minimum absolute atomic E-state index is 0.0499. The number of ether oxygens (including phenoxy) is 2. The van der Waals surface area contributed by atoms with Crippen LogP contribution >= 0.6 is 0 Å². The summed E-state index contributed by atoms with van der Waals surface area (Å²) in [4.78, 5) is 35.6. The fourth-order valence-corrected chi connectivity index (χ4v) is 7.28. The average molecular weight is 415 g/mol. The molecule has 4 aliphatic carbocycles. The van der Waals surface area contributed by atoms with Gasteiger partial charge in [-0.1, -0.05) is 12.5 Å². The van der Waals surface area contributed by atoms with Gasteiger partial charge in [-0.15, -0.1) is 0 Å². The molecule has 4 rings (SSSR count). The molecule has 0 radical (unpaired) electrons. The minimum Gasteiger partial charge on any atom is -0.462 e. The van der Waals surface area contributed by atoms with Gasteiger partial charge in [0, 0.05) is 32.6 Å². The zero-order chi connectivity index (χ0) is 21.6. The second kappa shape index (κ2) is 7.97. The van der Waals surface area contributed by atoms with Crippen LogP contribution in [0.15, 0.2) is 23.0 Å². The molecule has 5 heteroatoms. The van der Waals surface area contributed by atoms with Crippen LogP contribution in [0.1, 0.15) is 79.1 Å². The van der Waals surface area contributed by atoms with Crippen LogP contribution in [-0.2, 0) is 23.9 Å². The van der Waals surface area contributed by atoms with E-state index in [4.69, 9.17) is 9.47 Å². The number of ketones is 1. The maximum atomic E-state index is 12.4. The molecule has 2 fully saturated rings. The van der Waals surface area contributed by atoms with Crippen LogP contribution in [0.25, 0.3) is 0 Å². The minimum atomic E-state index is -0.291. The fraction of sp³-hybridized carbons (Fsp3) is 0.720. The maximum absolute atomic E-state index is 12.4. The van der Waals surface area contributed by atoms with Gasteiger partial charge in [-0.25, -0.2) is 0 Å². The molecule has 4 aliphatic rings. The highest BCUT2D eigenvalue weighted by Crippen LogP contribution is 2.62. The highest BCUT2D eigenvalue weighted by atomic mass is 16.5. The molecule has 0 amide bonds. The molecule has 0 aliphatic heterocycles. The van der Waals surface area contributed by atoms with Crippen LogP contribution in [-0.4, -0.2) is 23.8 Å². The van der Waals surface area contributed by atoms with Crippen molar-refractivity contribution >= 4 is 17.7 Å². The van der Waals surface area contributed by atoms with E-state index >= 15 is 0 Å². The van der Waals surface area contributed by atoms with Gasteiger partial charge in [0.1, 0.15) is 17.6 Å². The van der Waals surface area contributed by atoms with Crippen molar-refractivity contribution in [1.29, 1.82) is 0 Å². The zero-order valence-corrected chi connectivity index (χ0v) is 18.7. The quantitative estimate of drug-likeness (QED) is 0.615. The summed E-state index contributed by atoms with van der Waals surface area (Å²) < 4.78 is 11.2. The summed E-state index contributed by atoms with van der Waals surface area (Å²) in [5, 5.41) is 0. The topological polar surface area (TPSA) is 69.7 Å². The van der Waals surface area contributed by atoms with Crippen molar-refractivity contribution < 1.29 is 23.9 Å². The van der Waals surface area contributed by atoms with E-state index in [0.717, 1.165) is 50.7 Å². The van der Waals surface area contributed by atoms with Crippen LogP contribution in [0.5, 0.6) is 0 Å². The largest absolute Gasteiger partial charge is 0.462 e. The molecule has 0 aromatic heterocycles. The Labute approximate surface area is 179 Å². The summed E-state index contributed by atoms with van der Waals surface area (Å²) in [5.74, 6) is 2.02. The Morgan fingerprint density at radius 3 is 2.43 bits per heavy atom. The van der Waals surface area contributed by atoms with Crippen LogP contribution in [0.4, 0.5) is 0 Å². The van der Waals surface area contributed by atoms with Crippen LogP contribution in [0.3, 0.4) is 0 Å². The summed E-state index contributed by atoms with van der Waals surface area (Å²) in [6, 6.07) is 0. The van der Waals surface area contributed by atoms with Crippen molar-refractivity contribution in [3.05, 3.63) is 23.0 Å². The number of carbonyl (C=O) groups is 3. The van der Waals surface area contributed by atoms with Crippen LogP contribution in [0, 0.1) is 29.1 Å². The number of rotatable bonds is 3. The second-order valence-electron chi connectivity index (χ2n) is 10.1. The lowest BCUT2D eigenvalue weighted by atomic mass is 9.55. The molecule has 0 aromatic carbocycles. The summed E-state index contributed by atoms with van der Waals surface area (Å²) in [5.41, 5.74) is 2.72. The number of hydrogen-bond acceptors (Lipinski definition) is 5. The first-order valence-electron chi connectivity index (χ1n) is 11.5. The van der Waals surface area contributed by atoms with Crippen LogP contribution < -0.4 is 0 Å². The Morgan fingerprint density at radius 2 is 1.77 bits per heavy atom. The number of Topliss-reactive ketones (excluding diaryl/α,β-unsaturated/α-hetero) is 1. The molecule has 30 heavy (non-hydrogen) atoms. The number of hydrogen-bond donors (Lipinski definition) is 0. The molecular formula is C25H34O5. The fourth-order valence-electron chi connectivity index (χ4n) is 7.28. The van der Waals surface area contributed by atoms with E-state index in [1.54, 1.807) is 6.92 Å². The first kappa shape index (κ1) is 21.3. The van der Waals surface area contributed by atoms with Crippen molar-refractivity contribution in [1.82, 2.24) is 0 Å². The van der Waals surface area contributed by atoms with Gasteiger partial charge in [0.2, 0.25) is 0 Å². The Kier molecular flexibility index (Phi) is 5.67. The first-order valence-corrected chi connectivity index (χ1v) is 11.5. The monoisotopic (exact) mass is 414 g/mol. The Hall–Kier alpha value is -1.91. The lowest BCUT2D eigenvalue weighted by Gasteiger charge is -2.49. The Bertz CT molecular complexity index is 821. The Balaban J connectivity index is 1.68. The number of esters is 2. The molecule has 6 atom stereocenters. The van der Waals surface area contributed by atoms with Gasteiger partial charge >= 0.3 is 11.9 Å². The summed E-state index contributed by atoms with van der Waals surface area (Å²) in [6.45, 7) is 6.98. The van der Waals surface area contributed by atoms with Gasteiger partial charge in [-0.3, -0.25) is 14.4 Å². The van der Waals surface area contributed by atoms with Gasteiger partial charge in [0.05, 0.1) is 0 Å². The van der Waals surface area contributed by atoms with E-state index in [2.05, 4.69) is 13.0 Å².